The number of anilines is 1. The van der Waals surface area contributed by atoms with Crippen LogP contribution in [0.15, 0.2) is 28.2 Å². The van der Waals surface area contributed by atoms with Gasteiger partial charge in [-0.25, -0.2) is 14.9 Å². The van der Waals surface area contributed by atoms with Gasteiger partial charge in [0.25, 0.3) is 0 Å². The molecule has 0 bridgehead atoms. The van der Waals surface area contributed by atoms with Crippen LogP contribution in [0.5, 0.6) is 0 Å². The van der Waals surface area contributed by atoms with Gasteiger partial charge in [-0.15, -0.1) is 5.10 Å². The first kappa shape index (κ1) is 12.8. The summed E-state index contributed by atoms with van der Waals surface area (Å²) in [5.74, 6) is 1.44. The molecule has 3 rings (SSSR count). The first-order valence-electron chi connectivity index (χ1n) is 6.19. The van der Waals surface area contributed by atoms with E-state index in [0.717, 1.165) is 16.9 Å². The van der Waals surface area contributed by atoms with E-state index in [4.69, 9.17) is 5.73 Å². The predicted octanol–water partition coefficient (Wildman–Crippen LogP) is 1.34. The molecule has 0 saturated heterocycles. The standard InChI is InChI=1S/C12H14N6OS/c1-2-18-11(19)16-17-12(18)20-6-10-14-8-4-3-7(13)5-9(8)15-10/h3-5H,2,6,13H2,1H3,(H,14,15)(H,16,19). The Labute approximate surface area is 118 Å². The zero-order chi connectivity index (χ0) is 14.1. The number of fused-ring (bicyclic) bond motifs is 1. The molecule has 0 aliphatic heterocycles. The van der Waals surface area contributed by atoms with Gasteiger partial charge < -0.3 is 10.7 Å². The van der Waals surface area contributed by atoms with Gasteiger partial charge in [0, 0.05) is 12.2 Å². The molecule has 4 N–H and O–H groups in total. The van der Waals surface area contributed by atoms with E-state index in [1.54, 1.807) is 4.57 Å². The average molecular weight is 290 g/mol. The van der Waals surface area contributed by atoms with Crippen molar-refractivity contribution in [2.75, 3.05) is 5.73 Å². The van der Waals surface area contributed by atoms with Gasteiger partial charge in [-0.05, 0) is 25.1 Å². The van der Waals surface area contributed by atoms with Gasteiger partial charge in [-0.2, -0.15) is 0 Å². The highest BCUT2D eigenvalue weighted by Gasteiger charge is 2.09. The van der Waals surface area contributed by atoms with Crippen LogP contribution in [0.4, 0.5) is 5.69 Å². The molecule has 7 nitrogen and oxygen atoms in total. The fourth-order valence-corrected chi connectivity index (χ4v) is 2.85. The van der Waals surface area contributed by atoms with Crippen LogP contribution in [-0.2, 0) is 12.3 Å². The van der Waals surface area contributed by atoms with Gasteiger partial charge in [-0.1, -0.05) is 11.8 Å². The third kappa shape index (κ3) is 2.29. The van der Waals surface area contributed by atoms with Crippen molar-refractivity contribution < 1.29 is 0 Å². The number of hydrogen-bond donors (Lipinski definition) is 3. The second-order valence-electron chi connectivity index (χ2n) is 4.30. The number of nitrogens with one attached hydrogen (secondary N) is 2. The summed E-state index contributed by atoms with van der Waals surface area (Å²) in [6, 6.07) is 5.56. The Bertz CT molecular complexity index is 802. The van der Waals surface area contributed by atoms with Crippen LogP contribution < -0.4 is 11.4 Å². The minimum atomic E-state index is -0.188. The van der Waals surface area contributed by atoms with Gasteiger partial charge >= 0.3 is 5.69 Å². The molecular weight excluding hydrogens is 276 g/mol. The van der Waals surface area contributed by atoms with E-state index in [2.05, 4.69) is 20.2 Å². The van der Waals surface area contributed by atoms with Crippen LogP contribution in [0, 0.1) is 0 Å². The number of benzene rings is 1. The van der Waals surface area contributed by atoms with E-state index in [0.29, 0.717) is 23.1 Å². The number of aromatic amines is 2. The number of imidazole rings is 1. The molecule has 1 aromatic carbocycles. The van der Waals surface area contributed by atoms with E-state index in [9.17, 15) is 4.79 Å². The third-order valence-corrected chi connectivity index (χ3v) is 3.92. The summed E-state index contributed by atoms with van der Waals surface area (Å²) in [6.07, 6.45) is 0. The van der Waals surface area contributed by atoms with Crippen LogP contribution >= 0.6 is 11.8 Å². The fourth-order valence-electron chi connectivity index (χ4n) is 1.97. The molecule has 0 atom stereocenters. The maximum atomic E-state index is 11.5. The smallest absolute Gasteiger partial charge is 0.343 e. The van der Waals surface area contributed by atoms with Gasteiger partial charge in [0.05, 0.1) is 16.8 Å². The molecule has 2 aromatic heterocycles. The van der Waals surface area contributed by atoms with Crippen molar-refractivity contribution in [2.45, 2.75) is 24.4 Å². The molecule has 0 saturated carbocycles. The number of hydrogen-bond acceptors (Lipinski definition) is 5. The highest BCUT2D eigenvalue weighted by Crippen LogP contribution is 2.21. The lowest BCUT2D eigenvalue weighted by Crippen LogP contribution is -2.16. The Balaban J connectivity index is 1.81. The number of H-pyrrole nitrogens is 2. The number of thioether (sulfide) groups is 1. The molecule has 0 radical (unpaired) electrons. The number of aromatic nitrogens is 5. The lowest BCUT2D eigenvalue weighted by Gasteiger charge is -1.99. The van der Waals surface area contributed by atoms with Gasteiger partial charge in [0.2, 0.25) is 0 Å². The first-order valence-corrected chi connectivity index (χ1v) is 7.18. The Morgan fingerprint density at radius 3 is 3.10 bits per heavy atom. The van der Waals surface area contributed by atoms with Crippen molar-refractivity contribution in [2.24, 2.45) is 0 Å². The third-order valence-electron chi connectivity index (χ3n) is 2.93. The summed E-state index contributed by atoms with van der Waals surface area (Å²) in [5, 5.41) is 7.11. The van der Waals surface area contributed by atoms with Crippen LogP contribution in [0.1, 0.15) is 12.7 Å². The van der Waals surface area contributed by atoms with Crippen molar-refractivity contribution in [3.05, 3.63) is 34.5 Å². The van der Waals surface area contributed by atoms with Crippen LogP contribution in [0.25, 0.3) is 11.0 Å². The summed E-state index contributed by atoms with van der Waals surface area (Å²) >= 11 is 1.46. The van der Waals surface area contributed by atoms with E-state index >= 15 is 0 Å². The van der Waals surface area contributed by atoms with Crippen LogP contribution in [0.3, 0.4) is 0 Å². The predicted molar refractivity (Wildman–Crippen MR) is 78.6 cm³/mol. The first-order chi connectivity index (χ1) is 9.67. The van der Waals surface area contributed by atoms with Gasteiger partial charge in [-0.3, -0.25) is 4.57 Å². The summed E-state index contributed by atoms with van der Waals surface area (Å²) in [4.78, 5) is 19.1. The summed E-state index contributed by atoms with van der Waals surface area (Å²) in [6.45, 7) is 2.50. The largest absolute Gasteiger partial charge is 0.399 e. The summed E-state index contributed by atoms with van der Waals surface area (Å²) in [7, 11) is 0. The molecule has 0 amide bonds. The van der Waals surface area contributed by atoms with E-state index in [1.807, 2.05) is 25.1 Å². The lowest BCUT2D eigenvalue weighted by molar-refractivity contribution is 0.660. The van der Waals surface area contributed by atoms with Crippen molar-refractivity contribution in [3.63, 3.8) is 0 Å². The minimum absolute atomic E-state index is 0.188. The average Bonchev–Trinajstić information content (AvgIpc) is 2.98. The van der Waals surface area contributed by atoms with Gasteiger partial charge in [0.15, 0.2) is 5.16 Å². The van der Waals surface area contributed by atoms with E-state index in [-0.39, 0.29) is 5.69 Å². The van der Waals surface area contributed by atoms with Crippen molar-refractivity contribution in [1.82, 2.24) is 24.7 Å². The maximum absolute atomic E-state index is 11.5. The molecule has 104 valence electrons. The zero-order valence-electron chi connectivity index (χ0n) is 10.9. The second kappa shape index (κ2) is 5.04. The number of nitrogens with zero attached hydrogens (tertiary/aromatic N) is 3. The van der Waals surface area contributed by atoms with Crippen LogP contribution in [-0.4, -0.2) is 24.7 Å². The number of nitrogens with two attached hydrogens (primary N) is 1. The van der Waals surface area contributed by atoms with Gasteiger partial charge in [0.1, 0.15) is 5.82 Å². The Hall–Kier alpha value is -2.22. The van der Waals surface area contributed by atoms with Crippen molar-refractivity contribution in [1.29, 1.82) is 0 Å². The Morgan fingerprint density at radius 2 is 2.30 bits per heavy atom. The fraction of sp³-hybridized carbons (Fsp3) is 0.250. The van der Waals surface area contributed by atoms with E-state index in [1.165, 1.54) is 11.8 Å². The highest BCUT2D eigenvalue weighted by atomic mass is 32.2. The summed E-state index contributed by atoms with van der Waals surface area (Å²) < 4.78 is 1.59. The second-order valence-corrected chi connectivity index (χ2v) is 5.25. The molecule has 0 aliphatic carbocycles. The molecule has 20 heavy (non-hydrogen) atoms. The normalized spacial score (nSPS) is 11.2. The lowest BCUT2D eigenvalue weighted by atomic mass is 10.3. The van der Waals surface area contributed by atoms with Crippen molar-refractivity contribution in [3.8, 4) is 0 Å². The minimum Gasteiger partial charge on any atom is -0.399 e. The monoisotopic (exact) mass is 290 g/mol. The Kier molecular flexibility index (Phi) is 3.23. The summed E-state index contributed by atoms with van der Waals surface area (Å²) in [5.41, 5.74) is 8.04. The molecule has 2 heterocycles. The van der Waals surface area contributed by atoms with Crippen LogP contribution in [0.2, 0.25) is 0 Å². The maximum Gasteiger partial charge on any atom is 0.343 e. The highest BCUT2D eigenvalue weighted by molar-refractivity contribution is 7.98. The molecule has 0 fully saturated rings. The Morgan fingerprint density at radius 1 is 1.45 bits per heavy atom. The molecule has 0 aliphatic rings. The topological polar surface area (TPSA) is 105 Å². The van der Waals surface area contributed by atoms with Crippen molar-refractivity contribution >= 4 is 28.5 Å². The SMILES string of the molecule is CCn1c(SCc2nc3ccc(N)cc3[nH]2)n[nH]c1=O. The molecule has 0 unspecified atom stereocenters. The molecular formula is C12H14N6OS. The van der Waals surface area contributed by atoms with E-state index < -0.39 is 0 Å². The zero-order valence-corrected chi connectivity index (χ0v) is 11.7. The number of rotatable bonds is 4. The molecule has 8 heteroatoms. The number of nitrogen functional groups attached to an aromatic ring is 1. The molecule has 0 spiro atoms. The quantitative estimate of drug-likeness (QED) is 0.497. The molecule has 3 aromatic rings.